The Kier molecular flexibility index (Phi) is 5.74. The van der Waals surface area contributed by atoms with E-state index in [4.69, 9.17) is 5.73 Å². The summed E-state index contributed by atoms with van der Waals surface area (Å²) in [5.41, 5.74) is 7.21. The molecule has 19 heavy (non-hydrogen) atoms. The molecule has 0 fully saturated rings. The van der Waals surface area contributed by atoms with E-state index in [1.54, 1.807) is 12.1 Å². The Hall–Kier alpha value is -1.64. The molecule has 0 aliphatic rings. The van der Waals surface area contributed by atoms with Gasteiger partial charge in [0.15, 0.2) is 5.78 Å². The molecule has 0 aliphatic carbocycles. The topological polar surface area (TPSA) is 60.2 Å². The second-order valence-electron chi connectivity index (χ2n) is 5.09. The van der Waals surface area contributed by atoms with Gasteiger partial charge in [-0.2, -0.15) is 0 Å². The number of rotatable bonds is 7. The summed E-state index contributed by atoms with van der Waals surface area (Å²) in [6.07, 6.45) is 3.77. The van der Waals surface area contributed by atoms with Crippen LogP contribution in [0, 0.1) is 12.8 Å². The number of benzene rings is 1. The van der Waals surface area contributed by atoms with Crippen LogP contribution in [0.15, 0.2) is 18.2 Å². The predicted octanol–water partition coefficient (Wildman–Crippen LogP) is 3.49. The quantitative estimate of drug-likeness (QED) is 0.764. The fraction of sp³-hybridized carbons (Fsp3) is 0.500. The van der Waals surface area contributed by atoms with Crippen LogP contribution in [0.25, 0.3) is 0 Å². The van der Waals surface area contributed by atoms with Crippen molar-refractivity contribution in [1.29, 1.82) is 0 Å². The van der Waals surface area contributed by atoms with E-state index in [1.165, 1.54) is 0 Å². The molecule has 1 rings (SSSR count). The Balaban J connectivity index is 3.06. The highest BCUT2D eigenvalue weighted by Crippen LogP contribution is 2.21. The first-order chi connectivity index (χ1) is 8.99. The summed E-state index contributed by atoms with van der Waals surface area (Å²) in [7, 11) is 0. The fourth-order valence-electron chi connectivity index (χ4n) is 2.41. The fourth-order valence-corrected chi connectivity index (χ4v) is 2.41. The molecule has 0 saturated carbocycles. The highest BCUT2D eigenvalue weighted by molar-refractivity contribution is 6.01. The molecule has 0 saturated heterocycles. The molecule has 0 heterocycles. The molecule has 0 unspecified atom stereocenters. The standard InChI is InChI=1S/C16H23NO2/c1-4-6-12(7-5-2)15(18)13-8-11(3)9-14(10-13)16(17)19/h8-10,12H,4-7H2,1-3H3,(H2,17,19). The summed E-state index contributed by atoms with van der Waals surface area (Å²) in [5, 5.41) is 0. The molecule has 0 spiro atoms. The highest BCUT2D eigenvalue weighted by Gasteiger charge is 2.19. The molecule has 0 bridgehead atoms. The van der Waals surface area contributed by atoms with Crippen molar-refractivity contribution < 1.29 is 9.59 Å². The second kappa shape index (κ2) is 7.07. The first kappa shape index (κ1) is 15.4. The van der Waals surface area contributed by atoms with Crippen LogP contribution in [0.2, 0.25) is 0 Å². The third-order valence-corrected chi connectivity index (χ3v) is 3.29. The number of hydrogen-bond acceptors (Lipinski definition) is 2. The van der Waals surface area contributed by atoms with Crippen molar-refractivity contribution >= 4 is 11.7 Å². The van der Waals surface area contributed by atoms with Gasteiger partial charge < -0.3 is 5.73 Å². The van der Waals surface area contributed by atoms with Gasteiger partial charge in [0, 0.05) is 17.0 Å². The van der Waals surface area contributed by atoms with E-state index in [9.17, 15) is 9.59 Å². The molecule has 3 heteroatoms. The van der Waals surface area contributed by atoms with E-state index in [-0.39, 0.29) is 11.7 Å². The lowest BCUT2D eigenvalue weighted by Crippen LogP contribution is -2.17. The normalized spacial score (nSPS) is 10.7. The Morgan fingerprint density at radius 3 is 2.05 bits per heavy atom. The Morgan fingerprint density at radius 1 is 1.05 bits per heavy atom. The maximum atomic E-state index is 12.5. The van der Waals surface area contributed by atoms with Gasteiger partial charge in [0.1, 0.15) is 0 Å². The minimum absolute atomic E-state index is 0.0533. The Labute approximate surface area is 115 Å². The maximum absolute atomic E-state index is 12.5. The van der Waals surface area contributed by atoms with E-state index < -0.39 is 5.91 Å². The summed E-state index contributed by atoms with van der Waals surface area (Å²) in [4.78, 5) is 23.8. The lowest BCUT2D eigenvalue weighted by molar-refractivity contribution is 0.0905. The number of hydrogen-bond donors (Lipinski definition) is 1. The minimum atomic E-state index is -0.486. The zero-order chi connectivity index (χ0) is 14.4. The smallest absolute Gasteiger partial charge is 0.248 e. The number of primary amides is 1. The van der Waals surface area contributed by atoms with E-state index in [0.717, 1.165) is 31.2 Å². The minimum Gasteiger partial charge on any atom is -0.366 e. The molecule has 0 atom stereocenters. The molecule has 1 aromatic carbocycles. The number of aryl methyl sites for hydroxylation is 1. The summed E-state index contributed by atoms with van der Waals surface area (Å²) in [6.45, 7) is 6.04. The SMILES string of the molecule is CCCC(CCC)C(=O)c1cc(C)cc(C(N)=O)c1. The summed E-state index contributed by atoms with van der Waals surface area (Å²) >= 11 is 0. The number of nitrogens with two attached hydrogens (primary N) is 1. The van der Waals surface area contributed by atoms with Gasteiger partial charge in [0.25, 0.3) is 0 Å². The zero-order valence-electron chi connectivity index (χ0n) is 12.0. The molecule has 2 N–H and O–H groups in total. The number of amides is 1. The number of carbonyl (C=O) groups excluding carboxylic acids is 2. The molecular formula is C16H23NO2. The van der Waals surface area contributed by atoms with Gasteiger partial charge in [-0.3, -0.25) is 9.59 Å². The van der Waals surface area contributed by atoms with E-state index in [0.29, 0.717) is 11.1 Å². The largest absolute Gasteiger partial charge is 0.366 e. The zero-order valence-corrected chi connectivity index (χ0v) is 12.0. The maximum Gasteiger partial charge on any atom is 0.248 e. The molecule has 3 nitrogen and oxygen atoms in total. The summed E-state index contributed by atoms with van der Waals surface area (Å²) in [5.74, 6) is -0.298. The molecule has 0 radical (unpaired) electrons. The van der Waals surface area contributed by atoms with Crippen LogP contribution in [0.5, 0.6) is 0 Å². The Bertz CT molecular complexity index is 460. The van der Waals surface area contributed by atoms with Crippen molar-refractivity contribution in [3.63, 3.8) is 0 Å². The average molecular weight is 261 g/mol. The van der Waals surface area contributed by atoms with Gasteiger partial charge in [-0.25, -0.2) is 0 Å². The molecule has 1 aromatic rings. The van der Waals surface area contributed by atoms with Crippen molar-refractivity contribution in [3.05, 3.63) is 34.9 Å². The third kappa shape index (κ3) is 4.19. The molecular weight excluding hydrogens is 238 g/mol. The lowest BCUT2D eigenvalue weighted by atomic mass is 9.88. The van der Waals surface area contributed by atoms with Crippen LogP contribution in [-0.4, -0.2) is 11.7 Å². The molecule has 104 valence electrons. The first-order valence-electron chi connectivity index (χ1n) is 6.95. The van der Waals surface area contributed by atoms with E-state index in [1.807, 2.05) is 13.0 Å². The van der Waals surface area contributed by atoms with Gasteiger partial charge in [-0.1, -0.05) is 26.7 Å². The van der Waals surface area contributed by atoms with Crippen molar-refractivity contribution in [3.8, 4) is 0 Å². The average Bonchev–Trinajstić information content (AvgIpc) is 2.37. The number of ketones is 1. The van der Waals surface area contributed by atoms with Gasteiger partial charge in [-0.15, -0.1) is 0 Å². The highest BCUT2D eigenvalue weighted by atomic mass is 16.1. The van der Waals surface area contributed by atoms with Crippen LogP contribution >= 0.6 is 0 Å². The van der Waals surface area contributed by atoms with Gasteiger partial charge in [0.2, 0.25) is 5.91 Å². The van der Waals surface area contributed by atoms with E-state index >= 15 is 0 Å². The van der Waals surface area contributed by atoms with Crippen LogP contribution in [0.1, 0.15) is 65.8 Å². The first-order valence-corrected chi connectivity index (χ1v) is 6.95. The van der Waals surface area contributed by atoms with Crippen molar-refractivity contribution in [2.24, 2.45) is 11.7 Å². The van der Waals surface area contributed by atoms with E-state index in [2.05, 4.69) is 13.8 Å². The van der Waals surface area contributed by atoms with Crippen LogP contribution in [0.4, 0.5) is 0 Å². The Morgan fingerprint density at radius 2 is 1.58 bits per heavy atom. The van der Waals surface area contributed by atoms with Crippen molar-refractivity contribution in [2.45, 2.75) is 46.5 Å². The van der Waals surface area contributed by atoms with Gasteiger partial charge in [0.05, 0.1) is 0 Å². The number of carbonyl (C=O) groups is 2. The third-order valence-electron chi connectivity index (χ3n) is 3.29. The van der Waals surface area contributed by atoms with Crippen molar-refractivity contribution in [2.75, 3.05) is 0 Å². The van der Waals surface area contributed by atoms with Crippen molar-refractivity contribution in [1.82, 2.24) is 0 Å². The lowest BCUT2D eigenvalue weighted by Gasteiger charge is -2.15. The van der Waals surface area contributed by atoms with Gasteiger partial charge in [-0.05, 0) is 43.5 Å². The molecule has 1 amide bonds. The van der Waals surface area contributed by atoms with Crippen LogP contribution < -0.4 is 5.73 Å². The monoisotopic (exact) mass is 261 g/mol. The summed E-state index contributed by atoms with van der Waals surface area (Å²) in [6, 6.07) is 5.18. The molecule has 0 aliphatic heterocycles. The number of Topliss-reactive ketones (excluding diaryl/α,β-unsaturated/α-hetero) is 1. The summed E-state index contributed by atoms with van der Waals surface area (Å²) < 4.78 is 0. The molecule has 0 aromatic heterocycles. The van der Waals surface area contributed by atoms with Crippen LogP contribution in [-0.2, 0) is 0 Å². The second-order valence-corrected chi connectivity index (χ2v) is 5.09. The predicted molar refractivity (Wildman–Crippen MR) is 77.3 cm³/mol. The van der Waals surface area contributed by atoms with Gasteiger partial charge >= 0.3 is 0 Å². The van der Waals surface area contributed by atoms with Crippen LogP contribution in [0.3, 0.4) is 0 Å².